The van der Waals surface area contributed by atoms with E-state index in [9.17, 15) is 5.26 Å². The summed E-state index contributed by atoms with van der Waals surface area (Å²) in [5, 5.41) is 9.51. The Labute approximate surface area is 102 Å². The molecule has 1 aromatic carbocycles. The molecule has 3 heteroatoms. The molecule has 0 saturated heterocycles. The zero-order valence-electron chi connectivity index (χ0n) is 10.1. The molecule has 90 valence electrons. The number of hydrogen-bond donors (Lipinski definition) is 1. The highest BCUT2D eigenvalue weighted by Crippen LogP contribution is 2.39. The van der Waals surface area contributed by atoms with Crippen molar-refractivity contribution < 1.29 is 4.74 Å². The number of hydrogen-bond acceptors (Lipinski definition) is 3. The van der Waals surface area contributed by atoms with Gasteiger partial charge in [0, 0.05) is 6.04 Å². The van der Waals surface area contributed by atoms with Crippen molar-refractivity contribution >= 4 is 0 Å². The van der Waals surface area contributed by atoms with E-state index < -0.39 is 0 Å². The van der Waals surface area contributed by atoms with Gasteiger partial charge in [-0.15, -0.1) is 0 Å². The Morgan fingerprint density at radius 1 is 1.41 bits per heavy atom. The second-order valence-corrected chi connectivity index (χ2v) is 4.76. The van der Waals surface area contributed by atoms with Gasteiger partial charge in [0.15, 0.2) is 0 Å². The number of nitrogens with two attached hydrogens (primary N) is 1. The van der Waals surface area contributed by atoms with Gasteiger partial charge in [-0.3, -0.25) is 0 Å². The number of ether oxygens (including phenoxy) is 1. The first kappa shape index (κ1) is 11.9. The summed E-state index contributed by atoms with van der Waals surface area (Å²) >= 11 is 0. The minimum atomic E-state index is -0.371. The van der Waals surface area contributed by atoms with Crippen molar-refractivity contribution in [2.24, 2.45) is 5.73 Å². The molecule has 0 amide bonds. The Hall–Kier alpha value is -1.53. The first-order valence-corrected chi connectivity index (χ1v) is 6.01. The van der Waals surface area contributed by atoms with Crippen LogP contribution in [-0.4, -0.2) is 13.2 Å². The molecule has 1 aliphatic carbocycles. The third-order valence-corrected chi connectivity index (χ3v) is 3.72. The van der Waals surface area contributed by atoms with Crippen molar-refractivity contribution in [3.05, 3.63) is 29.8 Å². The van der Waals surface area contributed by atoms with Crippen LogP contribution in [0, 0.1) is 11.3 Å². The summed E-state index contributed by atoms with van der Waals surface area (Å²) in [6.07, 6.45) is 3.53. The number of methoxy groups -OCH3 is 1. The lowest BCUT2D eigenvalue weighted by Crippen LogP contribution is -2.35. The van der Waals surface area contributed by atoms with Crippen LogP contribution in [0.4, 0.5) is 0 Å². The smallest absolute Gasteiger partial charge is 0.119 e. The SMILES string of the molecule is COc1cccc(C2(C#N)CCC(N)CC2)c1. The molecule has 0 radical (unpaired) electrons. The van der Waals surface area contributed by atoms with E-state index in [1.807, 2.05) is 24.3 Å². The highest BCUT2D eigenvalue weighted by molar-refractivity contribution is 5.38. The maximum atomic E-state index is 9.51. The van der Waals surface area contributed by atoms with Crippen LogP contribution in [0.25, 0.3) is 0 Å². The van der Waals surface area contributed by atoms with E-state index in [1.54, 1.807) is 7.11 Å². The van der Waals surface area contributed by atoms with Crippen molar-refractivity contribution in [1.29, 1.82) is 5.26 Å². The molecule has 1 aliphatic rings. The van der Waals surface area contributed by atoms with E-state index in [0.29, 0.717) is 0 Å². The largest absolute Gasteiger partial charge is 0.497 e. The molecule has 0 bridgehead atoms. The summed E-state index contributed by atoms with van der Waals surface area (Å²) in [6.45, 7) is 0. The number of rotatable bonds is 2. The van der Waals surface area contributed by atoms with Gasteiger partial charge in [-0.25, -0.2) is 0 Å². The molecular formula is C14H18N2O. The summed E-state index contributed by atoms with van der Waals surface area (Å²) in [5.41, 5.74) is 6.60. The molecule has 2 N–H and O–H groups in total. The van der Waals surface area contributed by atoms with Crippen LogP contribution in [-0.2, 0) is 5.41 Å². The minimum Gasteiger partial charge on any atom is -0.497 e. The summed E-state index contributed by atoms with van der Waals surface area (Å²) in [5.74, 6) is 0.812. The Morgan fingerprint density at radius 3 is 2.71 bits per heavy atom. The average Bonchev–Trinajstić information content (AvgIpc) is 2.40. The average molecular weight is 230 g/mol. The van der Waals surface area contributed by atoms with Gasteiger partial charge in [-0.1, -0.05) is 12.1 Å². The topological polar surface area (TPSA) is 59.0 Å². The minimum absolute atomic E-state index is 0.252. The monoisotopic (exact) mass is 230 g/mol. The molecule has 17 heavy (non-hydrogen) atoms. The molecule has 1 saturated carbocycles. The molecule has 0 aliphatic heterocycles. The second kappa shape index (κ2) is 4.77. The first-order chi connectivity index (χ1) is 8.20. The Balaban J connectivity index is 2.32. The molecule has 0 spiro atoms. The lowest BCUT2D eigenvalue weighted by Gasteiger charge is -2.34. The standard InChI is InChI=1S/C14H18N2O/c1-17-13-4-2-3-11(9-13)14(10-15)7-5-12(16)6-8-14/h2-4,9,12H,5-8,16H2,1H3. The van der Waals surface area contributed by atoms with E-state index in [-0.39, 0.29) is 11.5 Å². The predicted octanol–water partition coefficient (Wildman–Crippen LogP) is 2.36. The summed E-state index contributed by atoms with van der Waals surface area (Å²) < 4.78 is 5.22. The van der Waals surface area contributed by atoms with Crippen LogP contribution in [0.2, 0.25) is 0 Å². The van der Waals surface area contributed by atoms with Crippen LogP contribution < -0.4 is 10.5 Å². The van der Waals surface area contributed by atoms with Crippen LogP contribution in [0.15, 0.2) is 24.3 Å². The zero-order valence-corrected chi connectivity index (χ0v) is 10.1. The fraction of sp³-hybridized carbons (Fsp3) is 0.500. The molecule has 2 rings (SSSR count). The quantitative estimate of drug-likeness (QED) is 0.848. The van der Waals surface area contributed by atoms with Gasteiger partial charge in [0.05, 0.1) is 18.6 Å². The maximum Gasteiger partial charge on any atom is 0.119 e. The van der Waals surface area contributed by atoms with Crippen molar-refractivity contribution in [3.63, 3.8) is 0 Å². The lowest BCUT2D eigenvalue weighted by atomic mass is 9.69. The van der Waals surface area contributed by atoms with Crippen molar-refractivity contribution in [3.8, 4) is 11.8 Å². The third-order valence-electron chi connectivity index (χ3n) is 3.72. The van der Waals surface area contributed by atoms with Gasteiger partial charge in [0.2, 0.25) is 0 Å². The van der Waals surface area contributed by atoms with Gasteiger partial charge in [0.25, 0.3) is 0 Å². The van der Waals surface area contributed by atoms with E-state index in [4.69, 9.17) is 10.5 Å². The van der Waals surface area contributed by atoms with Crippen LogP contribution >= 0.6 is 0 Å². The highest BCUT2D eigenvalue weighted by Gasteiger charge is 2.36. The maximum absolute atomic E-state index is 9.51. The van der Waals surface area contributed by atoms with Crippen LogP contribution in [0.5, 0.6) is 5.75 Å². The second-order valence-electron chi connectivity index (χ2n) is 4.76. The molecule has 1 aromatic rings. The Bertz CT molecular complexity index is 428. The van der Waals surface area contributed by atoms with Crippen LogP contribution in [0.3, 0.4) is 0 Å². The lowest BCUT2D eigenvalue weighted by molar-refractivity contribution is 0.330. The zero-order chi connectivity index (χ0) is 12.3. The predicted molar refractivity (Wildman–Crippen MR) is 66.7 cm³/mol. The third kappa shape index (κ3) is 2.27. The fourth-order valence-electron chi connectivity index (χ4n) is 2.52. The van der Waals surface area contributed by atoms with E-state index >= 15 is 0 Å². The van der Waals surface area contributed by atoms with Gasteiger partial charge in [0.1, 0.15) is 5.75 Å². The van der Waals surface area contributed by atoms with Crippen molar-refractivity contribution in [2.45, 2.75) is 37.1 Å². The normalized spacial score (nSPS) is 28.4. The molecule has 3 nitrogen and oxygen atoms in total. The van der Waals surface area contributed by atoms with Gasteiger partial charge in [-0.2, -0.15) is 5.26 Å². The van der Waals surface area contributed by atoms with E-state index in [2.05, 4.69) is 6.07 Å². The van der Waals surface area contributed by atoms with E-state index in [1.165, 1.54) is 0 Å². The molecule has 0 unspecified atom stereocenters. The van der Waals surface area contributed by atoms with E-state index in [0.717, 1.165) is 37.0 Å². The summed E-state index contributed by atoms with van der Waals surface area (Å²) in [6, 6.07) is 10.6. The van der Waals surface area contributed by atoms with Gasteiger partial charge >= 0.3 is 0 Å². The molecule has 0 atom stereocenters. The molecule has 1 fully saturated rings. The highest BCUT2D eigenvalue weighted by atomic mass is 16.5. The van der Waals surface area contributed by atoms with Crippen LogP contribution in [0.1, 0.15) is 31.2 Å². The Kier molecular flexibility index (Phi) is 3.35. The number of benzene rings is 1. The van der Waals surface area contributed by atoms with Crippen molar-refractivity contribution in [1.82, 2.24) is 0 Å². The first-order valence-electron chi connectivity index (χ1n) is 6.01. The molecular weight excluding hydrogens is 212 g/mol. The van der Waals surface area contributed by atoms with Gasteiger partial charge in [-0.05, 0) is 43.4 Å². The fourth-order valence-corrected chi connectivity index (χ4v) is 2.52. The molecule has 0 heterocycles. The van der Waals surface area contributed by atoms with Gasteiger partial charge < -0.3 is 10.5 Å². The number of nitrogens with zero attached hydrogens (tertiary/aromatic N) is 1. The summed E-state index contributed by atoms with van der Waals surface area (Å²) in [7, 11) is 1.65. The number of nitriles is 1. The summed E-state index contributed by atoms with van der Waals surface area (Å²) in [4.78, 5) is 0. The Morgan fingerprint density at radius 2 is 2.12 bits per heavy atom. The molecule has 0 aromatic heterocycles. The van der Waals surface area contributed by atoms with Crippen molar-refractivity contribution in [2.75, 3.05) is 7.11 Å².